The largest absolute Gasteiger partial charge is 0.457 e. The van der Waals surface area contributed by atoms with Gasteiger partial charge in [-0.3, -0.25) is 9.59 Å². The minimum absolute atomic E-state index is 0.0250. The Hall–Kier alpha value is -1.81. The van der Waals surface area contributed by atoms with Crippen LogP contribution in [0.25, 0.3) is 5.53 Å². The number of rotatable bonds is 10. The summed E-state index contributed by atoms with van der Waals surface area (Å²) in [6, 6.07) is 0. The van der Waals surface area contributed by atoms with Crippen molar-refractivity contribution >= 4 is 23.2 Å². The summed E-state index contributed by atoms with van der Waals surface area (Å²) >= 11 is 0. The Kier molecular flexibility index (Phi) is 9.18. The molecule has 0 spiro atoms. The highest BCUT2D eigenvalue weighted by molar-refractivity contribution is 6.62. The van der Waals surface area contributed by atoms with Crippen LogP contribution in [-0.4, -0.2) is 34.6 Å². The molecule has 0 aliphatic rings. The normalized spacial score (nSPS) is 9.58. The van der Waals surface area contributed by atoms with Gasteiger partial charge in [0.1, 0.15) is 5.78 Å². The zero-order chi connectivity index (χ0) is 14.7. The number of carbonyl (C=O) groups is 3. The highest BCUT2D eigenvalue weighted by Crippen LogP contribution is 2.04. The van der Waals surface area contributed by atoms with E-state index in [0.717, 1.165) is 19.3 Å². The Bertz CT molecular complexity index is 384. The second-order valence-corrected chi connectivity index (χ2v) is 4.09. The maximum absolute atomic E-state index is 11.6. The molecule has 19 heavy (non-hydrogen) atoms. The molecule has 0 radical (unpaired) electrons. The number of ketones is 2. The summed E-state index contributed by atoms with van der Waals surface area (Å²) in [4.78, 5) is 36.9. The van der Waals surface area contributed by atoms with Crippen molar-refractivity contribution in [1.29, 1.82) is 0 Å². The van der Waals surface area contributed by atoms with E-state index in [2.05, 4.69) is 9.53 Å². The van der Waals surface area contributed by atoms with Crippen LogP contribution in [0.15, 0.2) is 0 Å². The van der Waals surface area contributed by atoms with Crippen LogP contribution >= 0.6 is 0 Å². The third-order valence-corrected chi connectivity index (χ3v) is 2.52. The van der Waals surface area contributed by atoms with Crippen molar-refractivity contribution in [1.82, 2.24) is 0 Å². The topological polar surface area (TPSA) is 96.8 Å². The van der Waals surface area contributed by atoms with Crippen molar-refractivity contribution in [3.8, 4) is 0 Å². The molecule has 0 aliphatic heterocycles. The molecule has 106 valence electrons. The molecular weight excluding hydrogens is 248 g/mol. The number of esters is 1. The van der Waals surface area contributed by atoms with Crippen LogP contribution in [-0.2, 0) is 19.1 Å². The van der Waals surface area contributed by atoms with Gasteiger partial charge in [-0.2, -0.15) is 4.79 Å². The van der Waals surface area contributed by atoms with Crippen LogP contribution < -0.4 is 0 Å². The maximum Gasteiger partial charge on any atom is 0.441 e. The summed E-state index contributed by atoms with van der Waals surface area (Å²) in [7, 11) is 0. The SMILES string of the molecule is CCCCCC(=O)CCC(=O)C(=[N+]=[N-])C(=O)OCC. The lowest BCUT2D eigenvalue weighted by molar-refractivity contribution is -0.142. The molecule has 6 heteroatoms. The molecule has 0 bridgehead atoms. The second-order valence-electron chi connectivity index (χ2n) is 4.09. The standard InChI is InChI=1S/C13H20N2O4/c1-3-5-6-7-10(16)8-9-11(17)12(15-14)13(18)19-4-2/h3-9H2,1-2H3. The second kappa shape index (κ2) is 10.1. The van der Waals surface area contributed by atoms with Gasteiger partial charge >= 0.3 is 11.7 Å². The molecular formula is C13H20N2O4. The molecule has 0 rings (SSSR count). The summed E-state index contributed by atoms with van der Waals surface area (Å²) in [5.41, 5.74) is 7.96. The van der Waals surface area contributed by atoms with Crippen LogP contribution in [0.1, 0.15) is 52.4 Å². The average Bonchev–Trinajstić information content (AvgIpc) is 2.38. The Morgan fingerprint density at radius 1 is 1.05 bits per heavy atom. The van der Waals surface area contributed by atoms with Crippen LogP contribution in [0.3, 0.4) is 0 Å². The highest BCUT2D eigenvalue weighted by Gasteiger charge is 2.30. The van der Waals surface area contributed by atoms with Crippen molar-refractivity contribution in [2.24, 2.45) is 0 Å². The van der Waals surface area contributed by atoms with E-state index in [1.807, 2.05) is 6.92 Å². The number of Topliss-reactive ketones (excluding diaryl/α,β-unsaturated/α-hetero) is 2. The Morgan fingerprint density at radius 2 is 1.74 bits per heavy atom. The molecule has 0 aromatic heterocycles. The van der Waals surface area contributed by atoms with Gasteiger partial charge in [0.25, 0.3) is 5.78 Å². The summed E-state index contributed by atoms with van der Waals surface area (Å²) in [6.45, 7) is 3.70. The van der Waals surface area contributed by atoms with Crippen LogP contribution in [0.4, 0.5) is 0 Å². The van der Waals surface area contributed by atoms with E-state index in [4.69, 9.17) is 5.53 Å². The first-order chi connectivity index (χ1) is 9.06. The van der Waals surface area contributed by atoms with Crippen LogP contribution in [0.5, 0.6) is 0 Å². The van der Waals surface area contributed by atoms with E-state index in [1.165, 1.54) is 0 Å². The van der Waals surface area contributed by atoms with E-state index in [-0.39, 0.29) is 25.2 Å². The van der Waals surface area contributed by atoms with Crippen molar-refractivity contribution < 1.29 is 23.9 Å². The zero-order valence-electron chi connectivity index (χ0n) is 11.5. The van der Waals surface area contributed by atoms with E-state index in [9.17, 15) is 14.4 Å². The van der Waals surface area contributed by atoms with Gasteiger partial charge < -0.3 is 10.3 Å². The molecule has 0 saturated heterocycles. The molecule has 0 fully saturated rings. The lowest BCUT2D eigenvalue weighted by atomic mass is 10.0. The minimum atomic E-state index is -0.964. The third kappa shape index (κ3) is 7.26. The number of hydrogen-bond acceptors (Lipinski definition) is 4. The summed E-state index contributed by atoms with van der Waals surface area (Å²) in [5, 5.41) is 0. The van der Waals surface area contributed by atoms with Crippen LogP contribution in [0.2, 0.25) is 0 Å². The minimum Gasteiger partial charge on any atom is -0.457 e. The predicted octanol–water partition coefficient (Wildman–Crippen LogP) is 1.72. The molecule has 0 aromatic rings. The lowest BCUT2D eigenvalue weighted by Gasteiger charge is -1.99. The Labute approximate surface area is 112 Å². The van der Waals surface area contributed by atoms with E-state index >= 15 is 0 Å². The van der Waals surface area contributed by atoms with Gasteiger partial charge in [0.2, 0.25) is 0 Å². The van der Waals surface area contributed by atoms with E-state index in [0.29, 0.717) is 6.42 Å². The number of hydrogen-bond donors (Lipinski definition) is 0. The molecule has 0 heterocycles. The van der Waals surface area contributed by atoms with E-state index < -0.39 is 17.5 Å². The predicted molar refractivity (Wildman–Crippen MR) is 68.6 cm³/mol. The monoisotopic (exact) mass is 268 g/mol. The maximum atomic E-state index is 11.6. The summed E-state index contributed by atoms with van der Waals surface area (Å²) in [6.07, 6.45) is 3.17. The first-order valence-corrected chi connectivity index (χ1v) is 6.50. The summed E-state index contributed by atoms with van der Waals surface area (Å²) in [5.74, 6) is -1.67. The molecule has 0 unspecified atom stereocenters. The smallest absolute Gasteiger partial charge is 0.441 e. The number of nitrogens with zero attached hydrogens (tertiary/aromatic N) is 2. The molecule has 0 aliphatic carbocycles. The lowest BCUT2D eigenvalue weighted by Crippen LogP contribution is -2.27. The molecule has 0 N–H and O–H groups in total. The fourth-order valence-electron chi connectivity index (χ4n) is 1.48. The van der Waals surface area contributed by atoms with Gasteiger partial charge in [0.15, 0.2) is 0 Å². The molecule has 0 amide bonds. The van der Waals surface area contributed by atoms with Crippen LogP contribution in [0, 0.1) is 0 Å². The molecule has 6 nitrogen and oxygen atoms in total. The highest BCUT2D eigenvalue weighted by atomic mass is 16.5. The fourth-order valence-corrected chi connectivity index (χ4v) is 1.48. The Balaban J connectivity index is 4.18. The third-order valence-electron chi connectivity index (χ3n) is 2.52. The van der Waals surface area contributed by atoms with Crippen molar-refractivity contribution in [2.45, 2.75) is 52.4 Å². The van der Waals surface area contributed by atoms with Gasteiger partial charge in [0.05, 0.1) is 6.61 Å². The average molecular weight is 268 g/mol. The van der Waals surface area contributed by atoms with Gasteiger partial charge in [0, 0.05) is 19.3 Å². The quantitative estimate of drug-likeness (QED) is 0.150. The zero-order valence-corrected chi connectivity index (χ0v) is 11.5. The number of ether oxygens (including phenoxy) is 1. The first-order valence-electron chi connectivity index (χ1n) is 6.50. The van der Waals surface area contributed by atoms with E-state index in [1.54, 1.807) is 6.92 Å². The van der Waals surface area contributed by atoms with Crippen molar-refractivity contribution in [3.63, 3.8) is 0 Å². The van der Waals surface area contributed by atoms with Gasteiger partial charge in [-0.05, 0) is 13.3 Å². The van der Waals surface area contributed by atoms with Gasteiger partial charge in [-0.15, -0.1) is 0 Å². The Morgan fingerprint density at radius 3 is 2.26 bits per heavy atom. The fraction of sp³-hybridized carbons (Fsp3) is 0.692. The molecule has 0 aromatic carbocycles. The molecule has 0 saturated carbocycles. The van der Waals surface area contributed by atoms with Gasteiger partial charge in [-0.1, -0.05) is 19.8 Å². The number of carbonyl (C=O) groups excluding carboxylic acids is 3. The number of unbranched alkanes of at least 4 members (excludes halogenated alkanes) is 2. The molecule has 0 atom stereocenters. The first kappa shape index (κ1) is 17.2. The van der Waals surface area contributed by atoms with Crippen molar-refractivity contribution in [3.05, 3.63) is 5.53 Å². The van der Waals surface area contributed by atoms with Gasteiger partial charge in [-0.25, -0.2) is 4.79 Å². The van der Waals surface area contributed by atoms with Crippen molar-refractivity contribution in [2.75, 3.05) is 6.61 Å². The summed E-state index contributed by atoms with van der Waals surface area (Å²) < 4.78 is 4.57.